The van der Waals surface area contributed by atoms with Gasteiger partial charge in [0, 0.05) is 11.3 Å². The molecule has 0 radical (unpaired) electrons. The third-order valence-corrected chi connectivity index (χ3v) is 2.81. The zero-order valence-electron chi connectivity index (χ0n) is 9.58. The molecule has 0 fully saturated rings. The number of nitrogen functional groups attached to an aromatic ring is 1. The molecule has 0 aliphatic heterocycles. The van der Waals surface area contributed by atoms with Crippen molar-refractivity contribution in [1.82, 2.24) is 9.55 Å². The fraction of sp³-hybridized carbons (Fsp3) is 0. The Hall–Kier alpha value is -2.62. The monoisotopic (exact) mass is 237 g/mol. The van der Waals surface area contributed by atoms with E-state index in [4.69, 9.17) is 5.73 Å². The lowest BCUT2D eigenvalue weighted by atomic mass is 10.2. The lowest BCUT2D eigenvalue weighted by Crippen LogP contribution is -2.10. The molecule has 4 nitrogen and oxygen atoms in total. The van der Waals surface area contributed by atoms with Gasteiger partial charge >= 0.3 is 0 Å². The summed E-state index contributed by atoms with van der Waals surface area (Å²) in [6.07, 6.45) is 1.53. The first-order chi connectivity index (χ1) is 8.75. The zero-order valence-corrected chi connectivity index (χ0v) is 9.58. The molecule has 0 unspecified atom stereocenters. The zero-order chi connectivity index (χ0) is 12.5. The van der Waals surface area contributed by atoms with E-state index in [1.54, 1.807) is 30.3 Å². The third kappa shape index (κ3) is 1.64. The molecule has 0 saturated carbocycles. The van der Waals surface area contributed by atoms with Crippen LogP contribution >= 0.6 is 0 Å². The van der Waals surface area contributed by atoms with Gasteiger partial charge in [0.15, 0.2) is 0 Å². The highest BCUT2D eigenvalue weighted by Crippen LogP contribution is 2.17. The fourth-order valence-electron chi connectivity index (χ4n) is 1.91. The molecule has 0 saturated heterocycles. The maximum absolute atomic E-state index is 12.3. The van der Waals surface area contributed by atoms with Crippen LogP contribution in [-0.2, 0) is 0 Å². The van der Waals surface area contributed by atoms with E-state index in [9.17, 15) is 4.79 Å². The number of aromatic nitrogens is 2. The SMILES string of the molecule is Nc1ccc2c(c1)ncn2C(=O)c1ccccc1. The van der Waals surface area contributed by atoms with Crippen LogP contribution in [0.3, 0.4) is 0 Å². The van der Waals surface area contributed by atoms with Crippen molar-refractivity contribution < 1.29 is 4.79 Å². The number of carbonyl (C=O) groups excluding carboxylic acids is 1. The minimum atomic E-state index is -0.0946. The van der Waals surface area contributed by atoms with E-state index < -0.39 is 0 Å². The number of imidazole rings is 1. The molecule has 1 heterocycles. The third-order valence-electron chi connectivity index (χ3n) is 2.81. The number of benzene rings is 2. The van der Waals surface area contributed by atoms with Crippen molar-refractivity contribution in [3.8, 4) is 0 Å². The van der Waals surface area contributed by atoms with E-state index in [1.165, 1.54) is 10.9 Å². The molecule has 2 aromatic carbocycles. The lowest BCUT2D eigenvalue weighted by molar-refractivity contribution is 0.0964. The normalized spacial score (nSPS) is 10.7. The van der Waals surface area contributed by atoms with Crippen molar-refractivity contribution in [3.05, 3.63) is 60.4 Å². The second-order valence-electron chi connectivity index (χ2n) is 4.03. The molecule has 0 bridgehead atoms. The van der Waals surface area contributed by atoms with E-state index in [0.717, 1.165) is 11.0 Å². The Balaban J connectivity index is 2.13. The summed E-state index contributed by atoms with van der Waals surface area (Å²) in [5.41, 5.74) is 8.44. The summed E-state index contributed by atoms with van der Waals surface area (Å²) in [5.74, 6) is -0.0946. The Bertz CT molecular complexity index is 716. The van der Waals surface area contributed by atoms with Crippen LogP contribution in [0.5, 0.6) is 0 Å². The van der Waals surface area contributed by atoms with Crippen molar-refractivity contribution in [3.63, 3.8) is 0 Å². The smallest absolute Gasteiger partial charge is 0.263 e. The van der Waals surface area contributed by atoms with Gasteiger partial charge in [0.2, 0.25) is 0 Å². The number of rotatable bonds is 1. The Labute approximate surface area is 104 Å². The van der Waals surface area contributed by atoms with Gasteiger partial charge in [-0.1, -0.05) is 18.2 Å². The number of hydrogen-bond donors (Lipinski definition) is 1. The fourth-order valence-corrected chi connectivity index (χ4v) is 1.91. The molecule has 0 amide bonds. The van der Waals surface area contributed by atoms with Crippen molar-refractivity contribution in [2.45, 2.75) is 0 Å². The van der Waals surface area contributed by atoms with E-state index in [1.807, 2.05) is 18.2 Å². The quantitative estimate of drug-likeness (QED) is 0.660. The summed E-state index contributed by atoms with van der Waals surface area (Å²) in [6.45, 7) is 0. The average molecular weight is 237 g/mol. The van der Waals surface area contributed by atoms with Gasteiger partial charge in [-0.25, -0.2) is 4.98 Å². The van der Waals surface area contributed by atoms with Crippen molar-refractivity contribution in [2.75, 3.05) is 5.73 Å². The molecule has 1 aromatic heterocycles. The summed E-state index contributed by atoms with van der Waals surface area (Å²) < 4.78 is 1.53. The van der Waals surface area contributed by atoms with Crippen LogP contribution < -0.4 is 5.73 Å². The molecule has 2 N–H and O–H groups in total. The molecular formula is C14H11N3O. The van der Waals surface area contributed by atoms with Crippen LogP contribution in [-0.4, -0.2) is 15.5 Å². The number of fused-ring (bicyclic) bond motifs is 1. The van der Waals surface area contributed by atoms with Gasteiger partial charge < -0.3 is 5.73 Å². The van der Waals surface area contributed by atoms with E-state index in [2.05, 4.69) is 4.98 Å². The average Bonchev–Trinajstić information content (AvgIpc) is 2.81. The molecule has 18 heavy (non-hydrogen) atoms. The standard InChI is InChI=1S/C14H11N3O/c15-11-6-7-13-12(8-11)16-9-17(13)14(18)10-4-2-1-3-5-10/h1-9H,15H2. The van der Waals surface area contributed by atoms with Gasteiger partial charge in [-0.05, 0) is 30.3 Å². The Morgan fingerprint density at radius 1 is 1.11 bits per heavy atom. The highest BCUT2D eigenvalue weighted by Gasteiger charge is 2.11. The highest BCUT2D eigenvalue weighted by atomic mass is 16.2. The maximum Gasteiger partial charge on any atom is 0.263 e. The largest absolute Gasteiger partial charge is 0.399 e. The molecular weight excluding hydrogens is 226 g/mol. The second-order valence-corrected chi connectivity index (χ2v) is 4.03. The number of nitrogens with zero attached hydrogens (tertiary/aromatic N) is 2. The first-order valence-corrected chi connectivity index (χ1v) is 5.58. The van der Waals surface area contributed by atoms with Gasteiger partial charge in [0.25, 0.3) is 5.91 Å². The molecule has 3 aromatic rings. The Morgan fingerprint density at radius 2 is 1.89 bits per heavy atom. The van der Waals surface area contributed by atoms with Crippen molar-refractivity contribution >= 4 is 22.6 Å². The van der Waals surface area contributed by atoms with Crippen LogP contribution in [0.1, 0.15) is 10.4 Å². The van der Waals surface area contributed by atoms with Crippen molar-refractivity contribution in [2.24, 2.45) is 0 Å². The molecule has 0 aliphatic carbocycles. The van der Waals surface area contributed by atoms with Gasteiger partial charge in [0.05, 0.1) is 11.0 Å². The van der Waals surface area contributed by atoms with Gasteiger partial charge in [-0.3, -0.25) is 9.36 Å². The summed E-state index contributed by atoms with van der Waals surface area (Å²) in [5, 5.41) is 0. The topological polar surface area (TPSA) is 60.9 Å². The maximum atomic E-state index is 12.3. The van der Waals surface area contributed by atoms with Gasteiger partial charge in [0.1, 0.15) is 6.33 Å². The summed E-state index contributed by atoms with van der Waals surface area (Å²) in [7, 11) is 0. The van der Waals surface area contributed by atoms with Crippen molar-refractivity contribution in [1.29, 1.82) is 0 Å². The van der Waals surface area contributed by atoms with Gasteiger partial charge in [-0.15, -0.1) is 0 Å². The predicted octanol–water partition coefficient (Wildman–Crippen LogP) is 2.31. The molecule has 0 spiro atoms. The minimum Gasteiger partial charge on any atom is -0.399 e. The number of nitrogens with two attached hydrogens (primary N) is 1. The lowest BCUT2D eigenvalue weighted by Gasteiger charge is -2.02. The molecule has 4 heteroatoms. The van der Waals surface area contributed by atoms with E-state index in [0.29, 0.717) is 11.3 Å². The molecule has 0 atom stereocenters. The Kier molecular flexibility index (Phi) is 2.34. The highest BCUT2D eigenvalue weighted by molar-refractivity contribution is 6.01. The van der Waals surface area contributed by atoms with Crippen LogP contribution in [0.2, 0.25) is 0 Å². The van der Waals surface area contributed by atoms with E-state index in [-0.39, 0.29) is 5.91 Å². The first kappa shape index (κ1) is 10.5. The number of hydrogen-bond acceptors (Lipinski definition) is 3. The predicted molar refractivity (Wildman–Crippen MR) is 70.3 cm³/mol. The second kappa shape index (κ2) is 4.00. The summed E-state index contributed by atoms with van der Waals surface area (Å²) in [6, 6.07) is 14.4. The summed E-state index contributed by atoms with van der Waals surface area (Å²) >= 11 is 0. The van der Waals surface area contributed by atoms with Crippen LogP contribution in [0.15, 0.2) is 54.9 Å². The van der Waals surface area contributed by atoms with Crippen LogP contribution in [0.4, 0.5) is 5.69 Å². The van der Waals surface area contributed by atoms with Crippen LogP contribution in [0.25, 0.3) is 11.0 Å². The number of anilines is 1. The van der Waals surface area contributed by atoms with E-state index >= 15 is 0 Å². The number of carbonyl (C=O) groups is 1. The molecule has 88 valence electrons. The minimum absolute atomic E-state index is 0.0946. The molecule has 3 rings (SSSR count). The summed E-state index contributed by atoms with van der Waals surface area (Å²) in [4.78, 5) is 16.5. The van der Waals surface area contributed by atoms with Gasteiger partial charge in [-0.2, -0.15) is 0 Å². The Morgan fingerprint density at radius 3 is 2.67 bits per heavy atom. The molecule has 0 aliphatic rings. The van der Waals surface area contributed by atoms with Crippen LogP contribution in [0, 0.1) is 0 Å². The first-order valence-electron chi connectivity index (χ1n) is 5.58.